The number of nitrogens with zero attached hydrogens (tertiary/aromatic N) is 3. The topological polar surface area (TPSA) is 72.3 Å². The summed E-state index contributed by atoms with van der Waals surface area (Å²) in [6.45, 7) is 6.51. The predicted octanol–water partition coefficient (Wildman–Crippen LogP) is 1.69. The molecule has 8 heteroatoms. The second-order valence-corrected chi connectivity index (χ2v) is 7.68. The SMILES string of the molecule is CCN(CC)S(=O)(=O)c1ccc(=O)n(Cc2nc(C)cs2)c1. The van der Waals surface area contributed by atoms with E-state index in [1.807, 2.05) is 12.3 Å². The molecule has 0 aliphatic carbocycles. The number of hydrogen-bond donors (Lipinski definition) is 0. The van der Waals surface area contributed by atoms with E-state index < -0.39 is 10.0 Å². The average Bonchev–Trinajstić information content (AvgIpc) is 2.87. The fourth-order valence-corrected chi connectivity index (χ4v) is 4.37. The molecule has 2 aromatic heterocycles. The third-order valence-electron chi connectivity index (χ3n) is 3.27. The van der Waals surface area contributed by atoms with Gasteiger partial charge in [0.1, 0.15) is 5.01 Å². The Morgan fingerprint density at radius 3 is 2.50 bits per heavy atom. The van der Waals surface area contributed by atoms with E-state index in [1.165, 1.54) is 38.5 Å². The van der Waals surface area contributed by atoms with E-state index in [0.29, 0.717) is 13.1 Å². The van der Waals surface area contributed by atoms with Gasteiger partial charge in [-0.05, 0) is 13.0 Å². The smallest absolute Gasteiger partial charge is 0.250 e. The van der Waals surface area contributed by atoms with Crippen molar-refractivity contribution in [2.75, 3.05) is 13.1 Å². The maximum absolute atomic E-state index is 12.5. The fourth-order valence-electron chi connectivity index (χ4n) is 2.12. The van der Waals surface area contributed by atoms with Crippen LogP contribution in [-0.4, -0.2) is 35.4 Å². The zero-order valence-electron chi connectivity index (χ0n) is 12.8. The third kappa shape index (κ3) is 3.45. The van der Waals surface area contributed by atoms with E-state index in [9.17, 15) is 13.2 Å². The van der Waals surface area contributed by atoms with Gasteiger partial charge in [0, 0.05) is 36.4 Å². The predicted molar refractivity (Wildman–Crippen MR) is 86.8 cm³/mol. The molecule has 0 radical (unpaired) electrons. The van der Waals surface area contributed by atoms with Crippen molar-refractivity contribution in [3.05, 3.63) is 44.8 Å². The molecule has 0 aliphatic heterocycles. The largest absolute Gasteiger partial charge is 0.307 e. The van der Waals surface area contributed by atoms with Crippen LogP contribution in [0.3, 0.4) is 0 Å². The Morgan fingerprint density at radius 2 is 1.95 bits per heavy atom. The molecule has 0 saturated carbocycles. The van der Waals surface area contributed by atoms with Crippen LogP contribution in [0.5, 0.6) is 0 Å². The van der Waals surface area contributed by atoms with Crippen LogP contribution in [0.1, 0.15) is 24.5 Å². The number of pyridine rings is 1. The van der Waals surface area contributed by atoms with Crippen LogP contribution in [0.25, 0.3) is 0 Å². The lowest BCUT2D eigenvalue weighted by Crippen LogP contribution is -2.32. The number of hydrogen-bond acceptors (Lipinski definition) is 5. The highest BCUT2D eigenvalue weighted by Gasteiger charge is 2.22. The van der Waals surface area contributed by atoms with E-state index >= 15 is 0 Å². The number of sulfonamides is 1. The van der Waals surface area contributed by atoms with Crippen LogP contribution in [0.4, 0.5) is 0 Å². The molecule has 0 amide bonds. The lowest BCUT2D eigenvalue weighted by Gasteiger charge is -2.18. The first kappa shape index (κ1) is 16.9. The number of rotatable bonds is 6. The molecule has 6 nitrogen and oxygen atoms in total. The van der Waals surface area contributed by atoms with Gasteiger partial charge in [-0.2, -0.15) is 4.31 Å². The minimum atomic E-state index is -3.57. The summed E-state index contributed by atoms with van der Waals surface area (Å²) in [5.41, 5.74) is 0.645. The van der Waals surface area contributed by atoms with Gasteiger partial charge in [-0.1, -0.05) is 13.8 Å². The highest BCUT2D eigenvalue weighted by atomic mass is 32.2. The van der Waals surface area contributed by atoms with Gasteiger partial charge in [0.15, 0.2) is 0 Å². The van der Waals surface area contributed by atoms with Gasteiger partial charge in [0.25, 0.3) is 5.56 Å². The second kappa shape index (κ2) is 6.72. The molecule has 2 aromatic rings. The van der Waals surface area contributed by atoms with Crippen molar-refractivity contribution in [1.82, 2.24) is 13.9 Å². The van der Waals surface area contributed by atoms with Crippen molar-refractivity contribution >= 4 is 21.4 Å². The summed E-state index contributed by atoms with van der Waals surface area (Å²) >= 11 is 1.45. The summed E-state index contributed by atoms with van der Waals surface area (Å²) in [4.78, 5) is 16.4. The summed E-state index contributed by atoms with van der Waals surface area (Å²) in [6, 6.07) is 2.65. The summed E-state index contributed by atoms with van der Waals surface area (Å²) in [5, 5.41) is 2.67. The van der Waals surface area contributed by atoms with E-state index in [-0.39, 0.29) is 17.0 Å². The normalized spacial score (nSPS) is 12.0. The number of aryl methyl sites for hydroxylation is 1. The number of aromatic nitrogens is 2. The van der Waals surface area contributed by atoms with Gasteiger partial charge in [0.05, 0.1) is 11.4 Å². The standard InChI is InChI=1S/C14H19N3O3S2/c1-4-17(5-2)22(19,20)12-6-7-14(18)16(8-12)9-13-15-11(3)10-21-13/h6-8,10H,4-5,9H2,1-3H3. The summed E-state index contributed by atoms with van der Waals surface area (Å²) < 4.78 is 27.8. The van der Waals surface area contributed by atoms with Crippen molar-refractivity contribution in [3.63, 3.8) is 0 Å². The first-order valence-electron chi connectivity index (χ1n) is 7.00. The van der Waals surface area contributed by atoms with Gasteiger partial charge in [0.2, 0.25) is 10.0 Å². The highest BCUT2D eigenvalue weighted by Crippen LogP contribution is 2.15. The van der Waals surface area contributed by atoms with Crippen LogP contribution >= 0.6 is 11.3 Å². The van der Waals surface area contributed by atoms with Crippen LogP contribution in [-0.2, 0) is 16.6 Å². The van der Waals surface area contributed by atoms with Crippen molar-refractivity contribution < 1.29 is 8.42 Å². The summed E-state index contributed by atoms with van der Waals surface area (Å²) in [7, 11) is -3.57. The molecule has 0 spiro atoms. The molecule has 0 N–H and O–H groups in total. The van der Waals surface area contributed by atoms with Gasteiger partial charge in [-0.15, -0.1) is 11.3 Å². The van der Waals surface area contributed by atoms with Gasteiger partial charge in [-0.3, -0.25) is 4.79 Å². The lowest BCUT2D eigenvalue weighted by molar-refractivity contribution is 0.444. The van der Waals surface area contributed by atoms with Crippen LogP contribution in [0.2, 0.25) is 0 Å². The molecule has 120 valence electrons. The first-order chi connectivity index (χ1) is 10.4. The van der Waals surface area contributed by atoms with E-state index in [4.69, 9.17) is 0 Å². The van der Waals surface area contributed by atoms with Gasteiger partial charge in [-0.25, -0.2) is 13.4 Å². The molecular formula is C14H19N3O3S2. The average molecular weight is 341 g/mol. The molecule has 0 unspecified atom stereocenters. The van der Waals surface area contributed by atoms with Crippen LogP contribution in [0, 0.1) is 6.92 Å². The summed E-state index contributed by atoms with van der Waals surface area (Å²) in [5.74, 6) is 0. The summed E-state index contributed by atoms with van der Waals surface area (Å²) in [6.07, 6.45) is 1.40. The Balaban J connectivity index is 2.40. The van der Waals surface area contributed by atoms with E-state index in [0.717, 1.165) is 10.7 Å². The monoisotopic (exact) mass is 341 g/mol. The maximum atomic E-state index is 12.5. The van der Waals surface area contributed by atoms with Crippen molar-refractivity contribution in [3.8, 4) is 0 Å². The molecular weight excluding hydrogens is 322 g/mol. The Hall–Kier alpha value is -1.51. The molecule has 2 rings (SSSR count). The molecule has 0 atom stereocenters. The van der Waals surface area contributed by atoms with Crippen LogP contribution in [0.15, 0.2) is 33.4 Å². The minimum absolute atomic E-state index is 0.129. The molecule has 0 saturated heterocycles. The van der Waals surface area contributed by atoms with Crippen molar-refractivity contribution in [1.29, 1.82) is 0 Å². The van der Waals surface area contributed by atoms with Crippen molar-refractivity contribution in [2.45, 2.75) is 32.2 Å². The van der Waals surface area contributed by atoms with Gasteiger partial charge < -0.3 is 4.57 Å². The molecule has 0 fully saturated rings. The molecule has 0 bridgehead atoms. The van der Waals surface area contributed by atoms with E-state index in [1.54, 1.807) is 13.8 Å². The second-order valence-electron chi connectivity index (χ2n) is 4.80. The zero-order valence-corrected chi connectivity index (χ0v) is 14.4. The molecule has 0 aromatic carbocycles. The van der Waals surface area contributed by atoms with Crippen LogP contribution < -0.4 is 5.56 Å². The minimum Gasteiger partial charge on any atom is -0.307 e. The fraction of sp³-hybridized carbons (Fsp3) is 0.429. The third-order valence-corrected chi connectivity index (χ3v) is 6.26. The highest BCUT2D eigenvalue weighted by molar-refractivity contribution is 7.89. The maximum Gasteiger partial charge on any atom is 0.250 e. The molecule has 0 aliphatic rings. The Morgan fingerprint density at radius 1 is 1.27 bits per heavy atom. The zero-order chi connectivity index (χ0) is 16.3. The van der Waals surface area contributed by atoms with Gasteiger partial charge >= 0.3 is 0 Å². The lowest BCUT2D eigenvalue weighted by atomic mass is 10.4. The quantitative estimate of drug-likeness (QED) is 0.801. The Kier molecular flexibility index (Phi) is 5.15. The Labute approximate surface area is 134 Å². The first-order valence-corrected chi connectivity index (χ1v) is 9.32. The molecule has 22 heavy (non-hydrogen) atoms. The molecule has 2 heterocycles. The Bertz CT molecular complexity index is 805. The van der Waals surface area contributed by atoms with Crippen molar-refractivity contribution in [2.24, 2.45) is 0 Å². The number of thiazole rings is 1. The van der Waals surface area contributed by atoms with E-state index in [2.05, 4.69) is 4.98 Å².